The summed E-state index contributed by atoms with van der Waals surface area (Å²) in [5, 5.41) is 13.7. The van der Waals surface area contributed by atoms with E-state index in [0.29, 0.717) is 12.2 Å². The molecular formula is C26H32N6O3. The molecule has 184 valence electrons. The Morgan fingerprint density at radius 1 is 0.914 bits per heavy atom. The lowest BCUT2D eigenvalue weighted by Gasteiger charge is -2.37. The first-order chi connectivity index (χ1) is 17.2. The molecule has 0 bridgehead atoms. The van der Waals surface area contributed by atoms with E-state index in [1.165, 1.54) is 5.69 Å². The maximum Gasteiger partial charge on any atom is 0.272 e. The van der Waals surface area contributed by atoms with Crippen molar-refractivity contribution in [3.05, 3.63) is 54.2 Å². The molecule has 3 aromatic rings. The molecular weight excluding hydrogens is 444 g/mol. The first-order valence-corrected chi connectivity index (χ1v) is 12.2. The molecule has 9 nitrogen and oxygen atoms in total. The summed E-state index contributed by atoms with van der Waals surface area (Å²) in [6, 6.07) is 16.1. The van der Waals surface area contributed by atoms with E-state index < -0.39 is 0 Å². The quantitative estimate of drug-likeness (QED) is 0.555. The molecule has 0 atom stereocenters. The van der Waals surface area contributed by atoms with Gasteiger partial charge in [-0.2, -0.15) is 0 Å². The molecule has 3 heterocycles. The maximum atomic E-state index is 12.9. The number of aromatic nitrogens is 2. The van der Waals surface area contributed by atoms with Crippen LogP contribution < -0.4 is 19.9 Å². The van der Waals surface area contributed by atoms with Gasteiger partial charge in [0.2, 0.25) is 0 Å². The van der Waals surface area contributed by atoms with Crippen molar-refractivity contribution in [2.45, 2.75) is 0 Å². The number of carbonyl (C=O) groups excluding carboxylic acids is 1. The van der Waals surface area contributed by atoms with Crippen molar-refractivity contribution in [2.24, 2.45) is 0 Å². The summed E-state index contributed by atoms with van der Waals surface area (Å²) in [4.78, 5) is 19.9. The molecule has 2 aliphatic heterocycles. The average Bonchev–Trinajstić information content (AvgIpc) is 2.93. The fourth-order valence-corrected chi connectivity index (χ4v) is 4.70. The number of methoxy groups -OCH3 is 1. The number of morpholine rings is 1. The highest BCUT2D eigenvalue weighted by Crippen LogP contribution is 2.28. The van der Waals surface area contributed by atoms with Crippen molar-refractivity contribution < 1.29 is 14.3 Å². The minimum Gasteiger partial charge on any atom is -0.497 e. The first-order valence-electron chi connectivity index (χ1n) is 12.2. The summed E-state index contributed by atoms with van der Waals surface area (Å²) >= 11 is 0. The Morgan fingerprint density at radius 3 is 2.31 bits per heavy atom. The number of nitrogens with zero attached hydrogens (tertiary/aromatic N) is 5. The molecule has 0 unspecified atom stereocenters. The van der Waals surface area contributed by atoms with E-state index in [-0.39, 0.29) is 5.91 Å². The Bertz CT molecular complexity index is 1140. The largest absolute Gasteiger partial charge is 0.497 e. The van der Waals surface area contributed by atoms with Crippen LogP contribution in [0.5, 0.6) is 5.75 Å². The minimum atomic E-state index is -0.183. The fourth-order valence-electron chi connectivity index (χ4n) is 4.70. The number of benzene rings is 2. The normalized spacial score (nSPS) is 16.9. The predicted octanol–water partition coefficient (Wildman–Crippen LogP) is 2.03. The van der Waals surface area contributed by atoms with Crippen LogP contribution in [0, 0.1) is 0 Å². The van der Waals surface area contributed by atoms with Crippen molar-refractivity contribution in [3.63, 3.8) is 0 Å². The van der Waals surface area contributed by atoms with Crippen LogP contribution in [0.2, 0.25) is 0 Å². The molecule has 9 heteroatoms. The second-order valence-corrected chi connectivity index (χ2v) is 8.80. The van der Waals surface area contributed by atoms with Crippen LogP contribution in [0.25, 0.3) is 10.8 Å². The Morgan fingerprint density at radius 2 is 1.60 bits per heavy atom. The molecule has 0 aliphatic carbocycles. The number of hydrogen-bond donors (Lipinski definition) is 1. The number of hydrogen-bond acceptors (Lipinski definition) is 8. The number of ether oxygens (including phenoxy) is 2. The number of fused-ring (bicyclic) bond motifs is 1. The third kappa shape index (κ3) is 5.31. The molecule has 1 amide bonds. The molecule has 0 spiro atoms. The lowest BCUT2D eigenvalue weighted by Crippen LogP contribution is -2.47. The monoisotopic (exact) mass is 476 g/mol. The maximum absolute atomic E-state index is 12.9. The highest BCUT2D eigenvalue weighted by atomic mass is 16.5. The van der Waals surface area contributed by atoms with Gasteiger partial charge in [-0.3, -0.25) is 9.69 Å². The lowest BCUT2D eigenvalue weighted by molar-refractivity contribution is 0.0383. The lowest BCUT2D eigenvalue weighted by atomic mass is 10.1. The zero-order valence-electron chi connectivity index (χ0n) is 20.2. The van der Waals surface area contributed by atoms with Crippen molar-refractivity contribution >= 4 is 28.2 Å². The van der Waals surface area contributed by atoms with Crippen molar-refractivity contribution in [3.8, 4) is 5.75 Å². The average molecular weight is 477 g/mol. The minimum absolute atomic E-state index is 0.183. The van der Waals surface area contributed by atoms with Crippen LogP contribution in [-0.4, -0.2) is 93.7 Å². The van der Waals surface area contributed by atoms with Gasteiger partial charge < -0.3 is 24.6 Å². The van der Waals surface area contributed by atoms with Crippen molar-refractivity contribution in [1.29, 1.82) is 0 Å². The Balaban J connectivity index is 1.26. The Hall–Kier alpha value is -3.43. The Kier molecular flexibility index (Phi) is 7.25. The van der Waals surface area contributed by atoms with Gasteiger partial charge in [0.15, 0.2) is 11.5 Å². The van der Waals surface area contributed by atoms with Gasteiger partial charge in [0.1, 0.15) is 5.75 Å². The molecule has 0 saturated carbocycles. The zero-order valence-corrected chi connectivity index (χ0v) is 20.2. The van der Waals surface area contributed by atoms with Crippen molar-refractivity contribution in [1.82, 2.24) is 20.4 Å². The fraction of sp³-hybridized carbons (Fsp3) is 0.423. The van der Waals surface area contributed by atoms with E-state index >= 15 is 0 Å². The van der Waals surface area contributed by atoms with Gasteiger partial charge in [0, 0.05) is 68.8 Å². The number of piperazine rings is 1. The van der Waals surface area contributed by atoms with Gasteiger partial charge in [0.25, 0.3) is 5.91 Å². The van der Waals surface area contributed by atoms with E-state index in [9.17, 15) is 4.79 Å². The summed E-state index contributed by atoms with van der Waals surface area (Å²) in [6.45, 7) is 8.10. The van der Waals surface area contributed by atoms with Crippen molar-refractivity contribution in [2.75, 3.05) is 82.5 Å². The van der Waals surface area contributed by atoms with E-state index in [1.807, 2.05) is 36.4 Å². The van der Waals surface area contributed by atoms with Crippen LogP contribution in [0.15, 0.2) is 48.5 Å². The van der Waals surface area contributed by atoms with E-state index in [2.05, 4.69) is 42.3 Å². The van der Waals surface area contributed by atoms with Crippen LogP contribution in [-0.2, 0) is 4.74 Å². The van der Waals surface area contributed by atoms with E-state index in [1.54, 1.807) is 7.11 Å². The van der Waals surface area contributed by atoms with Crippen LogP contribution in [0.3, 0.4) is 0 Å². The van der Waals surface area contributed by atoms with Crippen LogP contribution in [0.4, 0.5) is 11.5 Å². The molecule has 2 saturated heterocycles. The molecule has 35 heavy (non-hydrogen) atoms. The van der Waals surface area contributed by atoms with Gasteiger partial charge in [-0.05, 0) is 24.3 Å². The first kappa shape index (κ1) is 23.3. The standard InChI is InChI=1S/C26H32N6O3/c1-34-21-8-6-20(7-9-21)31-12-14-32(15-13-31)25-23-5-3-2-4-22(23)24(28-29-25)26(33)27-10-11-30-16-18-35-19-17-30/h2-9H,10-19H2,1H3,(H,27,33). The van der Waals surface area contributed by atoms with E-state index in [4.69, 9.17) is 9.47 Å². The van der Waals surface area contributed by atoms with Gasteiger partial charge in [-0.25, -0.2) is 0 Å². The van der Waals surface area contributed by atoms with E-state index in [0.717, 1.165) is 81.4 Å². The smallest absolute Gasteiger partial charge is 0.272 e. The Labute approximate surface area is 205 Å². The topological polar surface area (TPSA) is 83.1 Å². The SMILES string of the molecule is COc1ccc(N2CCN(c3nnc(C(=O)NCCN4CCOCC4)c4ccccc34)CC2)cc1. The number of rotatable bonds is 7. The number of nitrogens with one attached hydrogen (secondary N) is 1. The molecule has 2 aromatic carbocycles. The highest BCUT2D eigenvalue weighted by molar-refractivity contribution is 6.07. The molecule has 2 aliphatic rings. The third-order valence-electron chi connectivity index (χ3n) is 6.72. The number of amides is 1. The molecule has 2 fully saturated rings. The summed E-state index contributed by atoms with van der Waals surface area (Å²) in [6.07, 6.45) is 0. The summed E-state index contributed by atoms with van der Waals surface area (Å²) in [5.74, 6) is 1.51. The zero-order chi connectivity index (χ0) is 24.0. The molecule has 1 aromatic heterocycles. The number of carbonyl (C=O) groups is 1. The summed E-state index contributed by atoms with van der Waals surface area (Å²) < 4.78 is 10.7. The van der Waals surface area contributed by atoms with Gasteiger partial charge in [0.05, 0.1) is 20.3 Å². The van der Waals surface area contributed by atoms with Gasteiger partial charge >= 0.3 is 0 Å². The summed E-state index contributed by atoms with van der Waals surface area (Å²) in [7, 11) is 1.68. The molecule has 1 N–H and O–H groups in total. The predicted molar refractivity (Wildman–Crippen MR) is 137 cm³/mol. The molecule has 0 radical (unpaired) electrons. The second kappa shape index (κ2) is 10.9. The highest BCUT2D eigenvalue weighted by Gasteiger charge is 2.23. The number of anilines is 2. The molecule has 5 rings (SSSR count). The summed E-state index contributed by atoms with van der Waals surface area (Å²) in [5.41, 5.74) is 1.56. The van der Waals surface area contributed by atoms with Crippen LogP contribution in [0.1, 0.15) is 10.5 Å². The van der Waals surface area contributed by atoms with Gasteiger partial charge in [-0.1, -0.05) is 24.3 Å². The second-order valence-electron chi connectivity index (χ2n) is 8.80. The third-order valence-corrected chi connectivity index (χ3v) is 6.72. The van der Waals surface area contributed by atoms with Gasteiger partial charge in [-0.15, -0.1) is 10.2 Å². The van der Waals surface area contributed by atoms with Crippen LogP contribution >= 0.6 is 0 Å².